The Bertz CT molecular complexity index is 1700. The average molecular weight is 1920 g/mol. The molecule has 86 heavy (non-hydrogen) atoms. The zero-order chi connectivity index (χ0) is 62.9. The second-order valence-electron chi connectivity index (χ2n) is 16.7. The number of hydrogen-bond acceptors (Lipinski definition) is 39. The molecule has 0 spiro atoms. The molecule has 0 aliphatic rings. The average Bonchev–Trinajstić information content (AvgIpc) is 3.26. The van der Waals surface area contributed by atoms with E-state index in [4.69, 9.17) is 0 Å². The quantitative estimate of drug-likeness (QED) is 0.0546. The van der Waals surface area contributed by atoms with Crippen LogP contribution >= 0.6 is 0 Å². The van der Waals surface area contributed by atoms with Gasteiger partial charge in [0.1, 0.15) is 0 Å². The third kappa shape index (κ3) is 71.1. The molecule has 0 aromatic rings. The van der Waals surface area contributed by atoms with E-state index in [9.17, 15) is 149 Å². The van der Waals surface area contributed by atoms with Gasteiger partial charge in [0.2, 0.25) is 0 Å². The van der Waals surface area contributed by atoms with Crippen molar-refractivity contribution in [3.63, 3.8) is 0 Å². The summed E-state index contributed by atoms with van der Waals surface area (Å²) in [6.45, 7) is -12.5. The third-order valence-corrected chi connectivity index (χ3v) is 9.69. The summed E-state index contributed by atoms with van der Waals surface area (Å²) in [5.74, 6) is -23.0. The monoisotopic (exact) mass is 1930 g/mol. The van der Waals surface area contributed by atoms with Gasteiger partial charge >= 0.3 is 247 Å². The number of carbonyl (C=O) groups is 15. The van der Waals surface area contributed by atoms with Crippen molar-refractivity contribution in [1.82, 2.24) is 44.1 Å². The van der Waals surface area contributed by atoms with Crippen molar-refractivity contribution in [3.05, 3.63) is 0 Å². The normalized spacial score (nSPS) is 10.4. The first kappa shape index (κ1) is 102. The first-order chi connectivity index (χ1) is 37.5. The minimum atomic E-state index is -1.54. The molecule has 482 valence electrons. The second kappa shape index (κ2) is 60.8. The van der Waals surface area contributed by atoms with Crippen LogP contribution in [0.2, 0.25) is 0 Å². The molecule has 0 N–H and O–H groups in total. The van der Waals surface area contributed by atoms with E-state index in [1.807, 2.05) is 0 Å². The number of carbonyl (C=O) groups excluding carboxylic acids is 15. The number of nitrogens with zero attached hydrogens (tertiary/aromatic N) is 9. The number of rotatable bonds is 48. The maximum atomic E-state index is 10.8. The maximum Gasteiger partial charge on any atom is 3.00 e. The molecule has 0 amide bonds. The van der Waals surface area contributed by atoms with Crippen molar-refractivity contribution < 1.29 is 395 Å². The smallest absolute Gasteiger partial charge is 0.549 e. The van der Waals surface area contributed by atoms with Gasteiger partial charge in [-0.25, -0.2) is 0 Å². The molecule has 0 aromatic carbocycles. The summed E-state index contributed by atoms with van der Waals surface area (Å²) >= 11 is 0. The molecule has 0 aromatic heterocycles. The van der Waals surface area contributed by atoms with Crippen molar-refractivity contribution in [3.8, 4) is 0 Å². The standard InChI is InChI=1S/3C14H23N3O10.5Eu/c3*18-10(19)5-15(1-3-16(6-11(20)21)7-12(22)23)2-4-17(8-13(24)25)9-14(26)27;;;;;/h3*1-9H2,(H,18,19)(H,20,21)(H,22,23)(H,24,25)(H,26,27);;;;;/q;;;5*+3/p-15. The Kier molecular flexibility index (Phi) is 72.0. The van der Waals surface area contributed by atoms with Crippen molar-refractivity contribution in [2.24, 2.45) is 0 Å². The molecule has 0 bridgehead atoms. The second-order valence-corrected chi connectivity index (χ2v) is 16.7. The number of carboxylic acids is 15. The van der Waals surface area contributed by atoms with Gasteiger partial charge in [-0.3, -0.25) is 44.1 Å². The number of carboxylic acid groups (broad SMARTS) is 15. The molecular weight excluding hydrogens is 1870 g/mol. The Morgan fingerprint density at radius 2 is 0.198 bits per heavy atom. The Morgan fingerprint density at radius 3 is 0.267 bits per heavy atom. The molecule has 0 radical (unpaired) electrons. The van der Waals surface area contributed by atoms with Crippen LogP contribution in [0.25, 0.3) is 0 Å². The Labute approximate surface area is 693 Å². The van der Waals surface area contributed by atoms with Crippen LogP contribution in [-0.4, -0.2) is 310 Å². The van der Waals surface area contributed by atoms with Crippen LogP contribution < -0.4 is 76.6 Å². The van der Waals surface area contributed by atoms with Gasteiger partial charge < -0.3 is 149 Å². The first-order valence-corrected chi connectivity index (χ1v) is 23.0. The largest absolute Gasteiger partial charge is 3.00 e. The fraction of sp³-hybridized carbons (Fsp3) is 0.643. The van der Waals surface area contributed by atoms with Crippen LogP contribution in [0, 0.1) is 247 Å². The summed E-state index contributed by atoms with van der Waals surface area (Å²) in [6, 6.07) is 0. The van der Waals surface area contributed by atoms with E-state index in [1.165, 1.54) is 14.7 Å². The molecular formula is C42H54Eu5N9O30. The van der Waals surface area contributed by atoms with Gasteiger partial charge in [-0.2, -0.15) is 0 Å². The van der Waals surface area contributed by atoms with Crippen molar-refractivity contribution >= 4 is 89.5 Å². The van der Waals surface area contributed by atoms with E-state index in [-0.39, 0.29) is 325 Å². The van der Waals surface area contributed by atoms with Crippen LogP contribution in [0.3, 0.4) is 0 Å². The van der Waals surface area contributed by atoms with Crippen molar-refractivity contribution in [1.29, 1.82) is 0 Å². The fourth-order valence-electron chi connectivity index (χ4n) is 6.53. The summed E-state index contributed by atoms with van der Waals surface area (Å²) in [6.07, 6.45) is 0. The summed E-state index contributed by atoms with van der Waals surface area (Å²) in [5, 5.41) is 160. The van der Waals surface area contributed by atoms with Crippen LogP contribution in [-0.2, 0) is 71.9 Å². The third-order valence-electron chi connectivity index (χ3n) is 9.69. The molecule has 0 saturated heterocycles. The van der Waals surface area contributed by atoms with E-state index in [0.717, 1.165) is 29.4 Å². The van der Waals surface area contributed by atoms with Gasteiger partial charge in [0.25, 0.3) is 0 Å². The van der Waals surface area contributed by atoms with Crippen LogP contribution in [0.5, 0.6) is 0 Å². The van der Waals surface area contributed by atoms with Gasteiger partial charge in [0.15, 0.2) is 0 Å². The Hall–Kier alpha value is -0.388. The van der Waals surface area contributed by atoms with Crippen LogP contribution in [0.15, 0.2) is 0 Å². The molecule has 0 atom stereocenters. The van der Waals surface area contributed by atoms with Gasteiger partial charge in [-0.05, 0) is 0 Å². The number of hydrogen-bond donors (Lipinski definition) is 0. The zero-order valence-corrected chi connectivity index (χ0v) is 56.9. The molecule has 0 aliphatic heterocycles. The minimum Gasteiger partial charge on any atom is -0.549 e. The summed E-state index contributed by atoms with van der Waals surface area (Å²) in [5.41, 5.74) is 0. The Morgan fingerprint density at radius 1 is 0.140 bits per heavy atom. The van der Waals surface area contributed by atoms with E-state index < -0.39 is 188 Å². The van der Waals surface area contributed by atoms with E-state index in [2.05, 4.69) is 0 Å². The summed E-state index contributed by atoms with van der Waals surface area (Å²) < 4.78 is 0. The molecule has 39 nitrogen and oxygen atoms in total. The molecule has 0 fully saturated rings. The molecule has 44 heteroatoms. The van der Waals surface area contributed by atoms with E-state index in [0.29, 0.717) is 0 Å². The molecule has 0 unspecified atom stereocenters. The van der Waals surface area contributed by atoms with Gasteiger partial charge in [-0.15, -0.1) is 0 Å². The van der Waals surface area contributed by atoms with Gasteiger partial charge in [-0.1, -0.05) is 0 Å². The zero-order valence-electron chi connectivity index (χ0n) is 44.8. The minimum absolute atomic E-state index is 0. The maximum absolute atomic E-state index is 10.8. The predicted molar refractivity (Wildman–Crippen MR) is 223 cm³/mol. The summed E-state index contributed by atoms with van der Waals surface area (Å²) in [7, 11) is 0. The predicted octanol–water partition coefficient (Wildman–Crippen LogP) is -28.1. The Balaban J connectivity index is -0.000000172. The fourth-order valence-corrected chi connectivity index (χ4v) is 6.53. The van der Waals surface area contributed by atoms with Gasteiger partial charge in [0, 0.05) is 177 Å². The van der Waals surface area contributed by atoms with Crippen LogP contribution in [0.4, 0.5) is 0 Å². The molecule has 0 rings (SSSR count). The topological polar surface area (TPSA) is 631 Å². The molecule has 0 heterocycles. The first-order valence-electron chi connectivity index (χ1n) is 23.0. The van der Waals surface area contributed by atoms with E-state index >= 15 is 0 Å². The molecule has 0 aliphatic carbocycles. The van der Waals surface area contributed by atoms with Crippen LogP contribution in [0.1, 0.15) is 0 Å². The van der Waals surface area contributed by atoms with Crippen molar-refractivity contribution in [2.75, 3.05) is 177 Å². The number of aliphatic carboxylic acids is 15. The van der Waals surface area contributed by atoms with E-state index in [1.54, 1.807) is 0 Å². The van der Waals surface area contributed by atoms with Gasteiger partial charge in [0.05, 0.1) is 89.5 Å². The van der Waals surface area contributed by atoms with Crippen molar-refractivity contribution in [2.45, 2.75) is 0 Å². The summed E-state index contributed by atoms with van der Waals surface area (Å²) in [4.78, 5) is 169. The molecule has 0 saturated carbocycles. The SMILES string of the molecule is O=C([O-])CN(CCN(CC(=O)[O-])CC(=O)[O-])CCN(CC(=O)[O-])CC(=O)[O-].O=C([O-])CN(CCN(CC(=O)[O-])CC(=O)[O-])CCN(CC(=O)[O-])CC(=O)[O-].O=C([O-])CN(CCN(CC(=O)[O-])CC(=O)[O-])CCN(CC(=O)[O-])CC(=O)[O-].[Eu+3].[Eu+3].[Eu+3].[Eu+3].[Eu+3].